The van der Waals surface area contributed by atoms with Crippen molar-refractivity contribution in [2.75, 3.05) is 6.61 Å². The van der Waals surface area contributed by atoms with E-state index in [1.165, 1.54) is 12.1 Å². The van der Waals surface area contributed by atoms with Crippen LogP contribution in [0.3, 0.4) is 0 Å². The molecule has 0 radical (unpaired) electrons. The van der Waals surface area contributed by atoms with Crippen LogP contribution in [0.15, 0.2) is 42.7 Å². The predicted octanol–water partition coefficient (Wildman–Crippen LogP) is 6.93. The molecule has 1 saturated heterocycles. The van der Waals surface area contributed by atoms with Crippen molar-refractivity contribution in [3.63, 3.8) is 0 Å². The molecular formula is C25H23F5O2. The van der Waals surface area contributed by atoms with Gasteiger partial charge in [-0.25, -0.2) is 22.0 Å². The van der Waals surface area contributed by atoms with E-state index in [1.807, 2.05) is 0 Å². The highest BCUT2D eigenvalue weighted by Crippen LogP contribution is 2.33. The summed E-state index contributed by atoms with van der Waals surface area (Å²) < 4.78 is 77.2. The van der Waals surface area contributed by atoms with Crippen LogP contribution in [-0.4, -0.2) is 13.0 Å². The molecule has 0 spiro atoms. The monoisotopic (exact) mass is 450 g/mol. The van der Waals surface area contributed by atoms with E-state index in [4.69, 9.17) is 4.74 Å². The van der Waals surface area contributed by atoms with E-state index in [0.717, 1.165) is 43.4 Å². The average molecular weight is 450 g/mol. The Bertz CT molecular complexity index is 992. The number of allylic oxidation sites excluding steroid dienone is 1. The molecule has 2 unspecified atom stereocenters. The SMILES string of the molecule is CCCC1CCC(c2ccc(C#Cc3cc(F)c(O/C=C/C(F)F)c(F)c3)c(F)c2)OC1. The molecule has 2 atom stereocenters. The maximum absolute atomic E-state index is 14.5. The Morgan fingerprint density at radius 3 is 2.41 bits per heavy atom. The second-order valence-electron chi connectivity index (χ2n) is 7.59. The molecule has 170 valence electrons. The van der Waals surface area contributed by atoms with Crippen LogP contribution in [0.1, 0.15) is 55.4 Å². The van der Waals surface area contributed by atoms with Crippen molar-refractivity contribution in [1.82, 2.24) is 0 Å². The van der Waals surface area contributed by atoms with E-state index in [9.17, 15) is 22.0 Å². The van der Waals surface area contributed by atoms with Gasteiger partial charge in [-0.3, -0.25) is 0 Å². The normalized spacial score (nSPS) is 18.6. The minimum absolute atomic E-state index is 0.0498. The molecule has 3 rings (SSSR count). The summed E-state index contributed by atoms with van der Waals surface area (Å²) in [6.45, 7) is 2.80. The summed E-state index contributed by atoms with van der Waals surface area (Å²) in [5, 5.41) is 0. The lowest BCUT2D eigenvalue weighted by Gasteiger charge is -2.29. The van der Waals surface area contributed by atoms with Gasteiger partial charge in [0.1, 0.15) is 5.82 Å². The Kier molecular flexibility index (Phi) is 8.29. The van der Waals surface area contributed by atoms with Crippen molar-refractivity contribution >= 4 is 0 Å². The number of halogens is 5. The number of alkyl halides is 2. The summed E-state index contributed by atoms with van der Waals surface area (Å²) >= 11 is 0. The fourth-order valence-corrected chi connectivity index (χ4v) is 3.59. The highest BCUT2D eigenvalue weighted by atomic mass is 19.3. The van der Waals surface area contributed by atoms with E-state index in [0.29, 0.717) is 24.9 Å². The van der Waals surface area contributed by atoms with Crippen molar-refractivity contribution in [3.05, 3.63) is 76.8 Å². The standard InChI is InChI=1S/C25H23F5O2/c1-2-3-16-5-9-23(32-15-16)19-8-7-18(20(26)14-19)6-4-17-12-21(27)25(22(28)13-17)31-11-10-24(29)30/h7-8,10-14,16,23-24H,2-3,5,9,15H2,1H3/b11-10+. The maximum Gasteiger partial charge on any atom is 0.260 e. The van der Waals surface area contributed by atoms with Crippen LogP contribution in [0.2, 0.25) is 0 Å². The summed E-state index contributed by atoms with van der Waals surface area (Å²) in [5.41, 5.74) is 0.763. The van der Waals surface area contributed by atoms with E-state index in [1.54, 1.807) is 6.07 Å². The van der Waals surface area contributed by atoms with Crippen LogP contribution in [0.5, 0.6) is 5.75 Å². The molecule has 0 saturated carbocycles. The molecule has 0 aliphatic carbocycles. The van der Waals surface area contributed by atoms with E-state index in [-0.39, 0.29) is 17.2 Å². The van der Waals surface area contributed by atoms with Gasteiger partial charge < -0.3 is 9.47 Å². The lowest BCUT2D eigenvalue weighted by Crippen LogP contribution is -2.20. The Morgan fingerprint density at radius 1 is 1.06 bits per heavy atom. The zero-order chi connectivity index (χ0) is 23.1. The highest BCUT2D eigenvalue weighted by molar-refractivity contribution is 5.46. The summed E-state index contributed by atoms with van der Waals surface area (Å²) in [4.78, 5) is 0. The van der Waals surface area contributed by atoms with Gasteiger partial charge in [-0.2, -0.15) is 0 Å². The van der Waals surface area contributed by atoms with Crippen LogP contribution in [0.4, 0.5) is 22.0 Å². The van der Waals surface area contributed by atoms with Crippen LogP contribution in [-0.2, 0) is 4.74 Å². The second kappa shape index (κ2) is 11.1. The summed E-state index contributed by atoms with van der Waals surface area (Å²) in [6, 6.07) is 6.40. The van der Waals surface area contributed by atoms with Gasteiger partial charge in [0, 0.05) is 11.6 Å². The molecule has 0 bridgehead atoms. The van der Waals surface area contributed by atoms with Crippen molar-refractivity contribution < 1.29 is 31.4 Å². The number of hydrogen-bond donors (Lipinski definition) is 0. The van der Waals surface area contributed by atoms with Gasteiger partial charge in [0.05, 0.1) is 24.5 Å². The van der Waals surface area contributed by atoms with Crippen LogP contribution < -0.4 is 4.74 Å². The molecule has 0 amide bonds. The number of benzene rings is 2. The van der Waals surface area contributed by atoms with Gasteiger partial charge >= 0.3 is 0 Å². The van der Waals surface area contributed by atoms with Gasteiger partial charge in [-0.1, -0.05) is 31.3 Å². The largest absolute Gasteiger partial charge is 0.459 e. The summed E-state index contributed by atoms with van der Waals surface area (Å²) in [6.07, 6.45) is 1.99. The summed E-state index contributed by atoms with van der Waals surface area (Å²) in [7, 11) is 0. The molecule has 0 aromatic heterocycles. The summed E-state index contributed by atoms with van der Waals surface area (Å²) in [5.74, 6) is 2.02. The first-order valence-corrected chi connectivity index (χ1v) is 10.4. The molecule has 1 aliphatic rings. The highest BCUT2D eigenvalue weighted by Gasteiger charge is 2.23. The van der Waals surface area contributed by atoms with E-state index in [2.05, 4.69) is 23.5 Å². The topological polar surface area (TPSA) is 18.5 Å². The first kappa shape index (κ1) is 23.8. The van der Waals surface area contributed by atoms with Gasteiger partial charge in [0.2, 0.25) is 0 Å². The van der Waals surface area contributed by atoms with Crippen LogP contribution in [0.25, 0.3) is 0 Å². The molecule has 0 N–H and O–H groups in total. The Balaban J connectivity index is 1.70. The fourth-order valence-electron chi connectivity index (χ4n) is 3.59. The number of rotatable bonds is 6. The van der Waals surface area contributed by atoms with Crippen LogP contribution in [0, 0.1) is 35.2 Å². The minimum atomic E-state index is -2.81. The van der Waals surface area contributed by atoms with E-state index < -0.39 is 29.6 Å². The zero-order valence-corrected chi connectivity index (χ0v) is 17.5. The van der Waals surface area contributed by atoms with Crippen molar-refractivity contribution in [2.45, 2.75) is 45.1 Å². The van der Waals surface area contributed by atoms with Crippen LogP contribution >= 0.6 is 0 Å². The lowest BCUT2D eigenvalue weighted by molar-refractivity contribution is -0.0196. The van der Waals surface area contributed by atoms with Gasteiger partial charge in [-0.15, -0.1) is 0 Å². The third-order valence-electron chi connectivity index (χ3n) is 5.18. The minimum Gasteiger partial charge on any atom is -0.459 e. The lowest BCUT2D eigenvalue weighted by atomic mass is 9.91. The molecule has 1 aliphatic heterocycles. The van der Waals surface area contributed by atoms with Crippen molar-refractivity contribution in [1.29, 1.82) is 0 Å². The molecule has 7 heteroatoms. The van der Waals surface area contributed by atoms with Crippen molar-refractivity contribution in [2.24, 2.45) is 5.92 Å². The smallest absolute Gasteiger partial charge is 0.260 e. The molecule has 32 heavy (non-hydrogen) atoms. The molecule has 2 aromatic carbocycles. The molecule has 2 nitrogen and oxygen atoms in total. The predicted molar refractivity (Wildman–Crippen MR) is 111 cm³/mol. The second-order valence-corrected chi connectivity index (χ2v) is 7.59. The first-order valence-electron chi connectivity index (χ1n) is 10.4. The Labute approximate surface area is 184 Å². The third-order valence-corrected chi connectivity index (χ3v) is 5.18. The zero-order valence-electron chi connectivity index (χ0n) is 17.5. The number of hydrogen-bond acceptors (Lipinski definition) is 2. The molecule has 1 fully saturated rings. The molecule has 2 aromatic rings. The third kappa shape index (κ3) is 6.33. The molecular weight excluding hydrogens is 427 g/mol. The number of ether oxygens (including phenoxy) is 2. The Morgan fingerprint density at radius 2 is 1.81 bits per heavy atom. The van der Waals surface area contributed by atoms with Gasteiger partial charge in [0.15, 0.2) is 17.4 Å². The molecule has 1 heterocycles. The fraction of sp³-hybridized carbons (Fsp3) is 0.360. The first-order chi connectivity index (χ1) is 15.4. The Hall–Kier alpha value is -2.85. The van der Waals surface area contributed by atoms with Crippen molar-refractivity contribution in [3.8, 4) is 17.6 Å². The quantitative estimate of drug-likeness (QED) is 0.270. The van der Waals surface area contributed by atoms with E-state index >= 15 is 0 Å². The van der Waals surface area contributed by atoms with Gasteiger partial charge in [-0.05, 0) is 55.0 Å². The van der Waals surface area contributed by atoms with Gasteiger partial charge in [0.25, 0.3) is 6.43 Å². The average Bonchev–Trinajstić information content (AvgIpc) is 2.75. The maximum atomic E-state index is 14.5.